The molecule has 0 radical (unpaired) electrons. The van der Waals surface area contributed by atoms with E-state index < -0.39 is 0 Å². The SMILES string of the molecule is CCCCc1nc(CCCC)n(Cc2ccc(-n3c(Br)ccc3C(=N)N)cc2)n1. The molecule has 29 heavy (non-hydrogen) atoms. The van der Waals surface area contributed by atoms with Crippen LogP contribution in [0.25, 0.3) is 5.69 Å². The molecular weight excluding hydrogens is 428 g/mol. The molecule has 0 saturated carbocycles. The molecule has 0 atom stereocenters. The summed E-state index contributed by atoms with van der Waals surface area (Å²) in [6.07, 6.45) is 6.45. The average molecular weight is 457 g/mol. The second-order valence-corrected chi connectivity index (χ2v) is 8.08. The number of nitrogen functional groups attached to an aromatic ring is 1. The Kier molecular flexibility index (Phi) is 7.25. The van der Waals surface area contributed by atoms with Gasteiger partial charge in [0, 0.05) is 18.5 Å². The molecule has 0 aliphatic rings. The molecule has 3 rings (SSSR count). The summed E-state index contributed by atoms with van der Waals surface area (Å²) in [7, 11) is 0. The van der Waals surface area contributed by atoms with Crippen molar-refractivity contribution in [2.75, 3.05) is 0 Å². The van der Waals surface area contributed by atoms with Crippen molar-refractivity contribution in [2.45, 2.75) is 58.9 Å². The molecule has 0 aliphatic heterocycles. The van der Waals surface area contributed by atoms with E-state index in [0.717, 1.165) is 60.5 Å². The van der Waals surface area contributed by atoms with Crippen LogP contribution < -0.4 is 5.73 Å². The molecule has 0 spiro atoms. The van der Waals surface area contributed by atoms with Crippen LogP contribution in [0.15, 0.2) is 41.0 Å². The first-order valence-corrected chi connectivity index (χ1v) is 11.1. The van der Waals surface area contributed by atoms with Gasteiger partial charge in [-0.15, -0.1) is 0 Å². The summed E-state index contributed by atoms with van der Waals surface area (Å²) < 4.78 is 4.86. The number of amidine groups is 1. The fraction of sp³-hybridized carbons (Fsp3) is 0.409. The maximum absolute atomic E-state index is 7.78. The molecule has 0 bridgehead atoms. The number of hydrogen-bond donors (Lipinski definition) is 2. The summed E-state index contributed by atoms with van der Waals surface area (Å²) in [6, 6.07) is 12.0. The molecule has 3 aromatic rings. The van der Waals surface area contributed by atoms with Crippen molar-refractivity contribution in [1.82, 2.24) is 19.3 Å². The van der Waals surface area contributed by atoms with E-state index in [1.54, 1.807) is 0 Å². The van der Waals surface area contributed by atoms with Gasteiger partial charge in [-0.2, -0.15) is 5.10 Å². The van der Waals surface area contributed by atoms with Crippen LogP contribution in [-0.4, -0.2) is 25.2 Å². The number of nitrogens with two attached hydrogens (primary N) is 1. The number of rotatable bonds is 10. The Morgan fingerprint density at radius 2 is 1.72 bits per heavy atom. The number of nitrogens with one attached hydrogen (secondary N) is 1. The molecular formula is C22H29BrN6. The minimum absolute atomic E-state index is 0.0440. The standard InChI is InChI=1S/C22H29BrN6/c1-3-5-7-20-26-21(8-6-4-2)28(27-20)15-16-9-11-17(12-10-16)29-18(22(24)25)13-14-19(29)23/h9-14H,3-8,15H2,1-2H3,(H3,24,25). The highest BCUT2D eigenvalue weighted by atomic mass is 79.9. The number of unbranched alkanes of at least 4 members (excludes halogenated alkanes) is 2. The Labute approximate surface area is 180 Å². The van der Waals surface area contributed by atoms with Crippen LogP contribution in [0, 0.1) is 5.41 Å². The molecule has 154 valence electrons. The zero-order valence-corrected chi connectivity index (χ0v) is 18.7. The van der Waals surface area contributed by atoms with Gasteiger partial charge in [0.2, 0.25) is 0 Å². The fourth-order valence-electron chi connectivity index (χ4n) is 3.32. The van der Waals surface area contributed by atoms with Gasteiger partial charge in [0.25, 0.3) is 0 Å². The van der Waals surface area contributed by atoms with Crippen molar-refractivity contribution in [3.05, 3.63) is 63.9 Å². The van der Waals surface area contributed by atoms with Gasteiger partial charge in [0.05, 0.1) is 16.8 Å². The minimum atomic E-state index is 0.0440. The summed E-state index contributed by atoms with van der Waals surface area (Å²) in [5.74, 6) is 2.08. The molecule has 7 heteroatoms. The van der Waals surface area contributed by atoms with Crippen LogP contribution in [0.3, 0.4) is 0 Å². The first-order chi connectivity index (χ1) is 14.0. The van der Waals surface area contributed by atoms with Gasteiger partial charge in [-0.05, 0) is 58.6 Å². The van der Waals surface area contributed by atoms with Crippen molar-refractivity contribution >= 4 is 21.8 Å². The first kappa shape index (κ1) is 21.3. The topological polar surface area (TPSA) is 85.5 Å². The summed E-state index contributed by atoms with van der Waals surface area (Å²) in [5, 5.41) is 12.5. The molecule has 0 aliphatic carbocycles. The predicted octanol–water partition coefficient (Wildman–Crippen LogP) is 4.85. The second kappa shape index (κ2) is 9.87. The van der Waals surface area contributed by atoms with E-state index in [1.807, 2.05) is 28.8 Å². The number of nitrogens with zero attached hydrogens (tertiary/aromatic N) is 4. The molecule has 0 fully saturated rings. The molecule has 3 N–H and O–H groups in total. The predicted molar refractivity (Wildman–Crippen MR) is 121 cm³/mol. The van der Waals surface area contributed by atoms with Crippen molar-refractivity contribution in [3.63, 3.8) is 0 Å². The molecule has 0 unspecified atom stereocenters. The Bertz CT molecular complexity index is 954. The number of benzene rings is 1. The lowest BCUT2D eigenvalue weighted by Crippen LogP contribution is -2.16. The van der Waals surface area contributed by atoms with Gasteiger partial charge in [0.15, 0.2) is 5.82 Å². The molecule has 0 saturated heterocycles. The zero-order valence-electron chi connectivity index (χ0n) is 17.2. The summed E-state index contributed by atoms with van der Waals surface area (Å²) >= 11 is 3.54. The normalized spacial score (nSPS) is 11.1. The lowest BCUT2D eigenvalue weighted by molar-refractivity contribution is 0.612. The molecule has 2 heterocycles. The summed E-state index contributed by atoms with van der Waals surface area (Å²) in [4.78, 5) is 4.79. The van der Waals surface area contributed by atoms with Gasteiger partial charge in [-0.1, -0.05) is 38.8 Å². The monoisotopic (exact) mass is 456 g/mol. The minimum Gasteiger partial charge on any atom is -0.382 e. The average Bonchev–Trinajstić information content (AvgIpc) is 3.28. The van der Waals surface area contributed by atoms with E-state index in [-0.39, 0.29) is 5.84 Å². The third-order valence-corrected chi connectivity index (χ3v) is 5.56. The van der Waals surface area contributed by atoms with E-state index in [1.165, 1.54) is 5.56 Å². The molecule has 0 amide bonds. The third-order valence-electron chi connectivity index (χ3n) is 4.94. The second-order valence-electron chi connectivity index (χ2n) is 7.27. The first-order valence-electron chi connectivity index (χ1n) is 10.3. The summed E-state index contributed by atoms with van der Waals surface area (Å²) in [6.45, 7) is 5.11. The van der Waals surface area contributed by atoms with Crippen molar-refractivity contribution < 1.29 is 0 Å². The van der Waals surface area contributed by atoms with E-state index in [2.05, 4.69) is 46.6 Å². The van der Waals surface area contributed by atoms with Crippen molar-refractivity contribution in [2.24, 2.45) is 5.73 Å². The number of hydrogen-bond acceptors (Lipinski definition) is 3. The highest BCUT2D eigenvalue weighted by Crippen LogP contribution is 2.22. The van der Waals surface area contributed by atoms with Gasteiger partial charge >= 0.3 is 0 Å². The fourth-order valence-corrected chi connectivity index (χ4v) is 3.85. The van der Waals surface area contributed by atoms with Crippen LogP contribution in [0.4, 0.5) is 0 Å². The number of aromatic nitrogens is 4. The zero-order chi connectivity index (χ0) is 20.8. The molecule has 1 aromatic carbocycles. The lowest BCUT2D eigenvalue weighted by Gasteiger charge is -2.11. The Morgan fingerprint density at radius 3 is 2.38 bits per heavy atom. The number of aryl methyl sites for hydroxylation is 2. The number of halogens is 1. The van der Waals surface area contributed by atoms with Crippen LogP contribution in [0.5, 0.6) is 0 Å². The maximum Gasteiger partial charge on any atom is 0.150 e. The lowest BCUT2D eigenvalue weighted by atomic mass is 10.2. The van der Waals surface area contributed by atoms with E-state index in [4.69, 9.17) is 21.2 Å². The van der Waals surface area contributed by atoms with Gasteiger partial charge in [-0.3, -0.25) is 5.41 Å². The van der Waals surface area contributed by atoms with Crippen molar-refractivity contribution in [3.8, 4) is 5.69 Å². The Hall–Kier alpha value is -2.41. The Balaban J connectivity index is 1.82. The van der Waals surface area contributed by atoms with Crippen LogP contribution in [-0.2, 0) is 19.4 Å². The van der Waals surface area contributed by atoms with Crippen molar-refractivity contribution in [1.29, 1.82) is 5.41 Å². The highest BCUT2D eigenvalue weighted by Gasteiger charge is 2.12. The van der Waals surface area contributed by atoms with Crippen LogP contribution in [0.2, 0.25) is 0 Å². The van der Waals surface area contributed by atoms with Gasteiger partial charge in [-0.25, -0.2) is 9.67 Å². The largest absolute Gasteiger partial charge is 0.382 e. The third kappa shape index (κ3) is 5.15. The smallest absolute Gasteiger partial charge is 0.150 e. The van der Waals surface area contributed by atoms with Gasteiger partial charge in [0.1, 0.15) is 11.7 Å². The quantitative estimate of drug-likeness (QED) is 0.337. The maximum atomic E-state index is 7.78. The highest BCUT2D eigenvalue weighted by molar-refractivity contribution is 9.10. The van der Waals surface area contributed by atoms with E-state index in [9.17, 15) is 0 Å². The van der Waals surface area contributed by atoms with E-state index >= 15 is 0 Å². The Morgan fingerprint density at radius 1 is 1.03 bits per heavy atom. The van der Waals surface area contributed by atoms with Crippen LogP contribution >= 0.6 is 15.9 Å². The molecule has 6 nitrogen and oxygen atoms in total. The van der Waals surface area contributed by atoms with Crippen LogP contribution in [0.1, 0.15) is 62.4 Å². The van der Waals surface area contributed by atoms with E-state index in [0.29, 0.717) is 12.2 Å². The van der Waals surface area contributed by atoms with Gasteiger partial charge < -0.3 is 10.3 Å². The summed E-state index contributed by atoms with van der Waals surface area (Å²) in [5.41, 5.74) is 8.52. The molecule has 2 aromatic heterocycles.